The second-order valence-corrected chi connectivity index (χ2v) is 6.47. The first-order valence-electron chi connectivity index (χ1n) is 7.94. The van der Waals surface area contributed by atoms with Gasteiger partial charge in [-0.3, -0.25) is 9.59 Å². The molecule has 136 valence electrons. The molecule has 1 N–H and O–H groups in total. The molecule has 0 saturated carbocycles. The van der Waals surface area contributed by atoms with Crippen LogP contribution in [0.3, 0.4) is 0 Å². The zero-order valence-corrected chi connectivity index (χ0v) is 14.8. The smallest absolute Gasteiger partial charge is 0.338 e. The molecule has 3 rings (SSSR count). The average molecular weight is 383 g/mol. The van der Waals surface area contributed by atoms with Crippen molar-refractivity contribution >= 4 is 34.7 Å². The van der Waals surface area contributed by atoms with Crippen molar-refractivity contribution in [2.45, 2.75) is 0 Å². The van der Waals surface area contributed by atoms with Crippen molar-refractivity contribution in [3.63, 3.8) is 0 Å². The van der Waals surface area contributed by atoms with Crippen molar-refractivity contribution in [2.75, 3.05) is 11.9 Å². The van der Waals surface area contributed by atoms with Crippen LogP contribution in [0.4, 0.5) is 10.1 Å². The molecular weight excluding hydrogens is 369 g/mol. The van der Waals surface area contributed by atoms with Crippen LogP contribution in [0.15, 0.2) is 66.0 Å². The van der Waals surface area contributed by atoms with Crippen LogP contribution in [-0.4, -0.2) is 24.3 Å². The Morgan fingerprint density at radius 2 is 1.74 bits per heavy atom. The molecule has 0 bridgehead atoms. The Morgan fingerprint density at radius 3 is 2.44 bits per heavy atom. The molecule has 0 unspecified atom stereocenters. The number of thiophene rings is 1. The number of nitrogens with one attached hydrogen (secondary N) is 1. The molecule has 0 spiro atoms. The Hall–Kier alpha value is -3.32. The maximum atomic E-state index is 12.9. The highest BCUT2D eigenvalue weighted by Crippen LogP contribution is 2.15. The second-order valence-electron chi connectivity index (χ2n) is 5.52. The van der Waals surface area contributed by atoms with Gasteiger partial charge in [-0.05, 0) is 53.9 Å². The SMILES string of the molecule is O=C(COC(=O)c1cccc(NC(=O)c2cccs2)c1)c1ccc(F)cc1. The van der Waals surface area contributed by atoms with E-state index in [1.807, 2.05) is 0 Å². The van der Waals surface area contributed by atoms with Crippen LogP contribution in [-0.2, 0) is 4.74 Å². The first kappa shape index (κ1) is 18.5. The molecule has 7 heteroatoms. The summed E-state index contributed by atoms with van der Waals surface area (Å²) in [6.45, 7) is -0.462. The number of anilines is 1. The van der Waals surface area contributed by atoms with E-state index < -0.39 is 24.2 Å². The molecule has 1 amide bonds. The van der Waals surface area contributed by atoms with Crippen LogP contribution in [0, 0.1) is 5.82 Å². The van der Waals surface area contributed by atoms with Gasteiger partial charge in [0, 0.05) is 11.3 Å². The topological polar surface area (TPSA) is 72.5 Å². The molecule has 1 aromatic heterocycles. The second kappa shape index (κ2) is 8.37. The van der Waals surface area contributed by atoms with Gasteiger partial charge >= 0.3 is 5.97 Å². The van der Waals surface area contributed by atoms with Crippen LogP contribution in [0.5, 0.6) is 0 Å². The van der Waals surface area contributed by atoms with Crippen molar-refractivity contribution in [3.05, 3.63) is 87.9 Å². The van der Waals surface area contributed by atoms with Crippen LogP contribution in [0.25, 0.3) is 0 Å². The minimum absolute atomic E-state index is 0.200. The third-order valence-electron chi connectivity index (χ3n) is 3.60. The monoisotopic (exact) mass is 383 g/mol. The van der Waals surface area contributed by atoms with Crippen molar-refractivity contribution in [2.24, 2.45) is 0 Å². The predicted octanol–water partition coefficient (Wildman–Crippen LogP) is 4.18. The Bertz CT molecular complexity index is 968. The molecule has 5 nitrogen and oxygen atoms in total. The first-order valence-corrected chi connectivity index (χ1v) is 8.82. The Balaban J connectivity index is 1.60. The normalized spacial score (nSPS) is 10.3. The molecule has 0 atom stereocenters. The van der Waals surface area contributed by atoms with Crippen molar-refractivity contribution < 1.29 is 23.5 Å². The van der Waals surface area contributed by atoms with E-state index >= 15 is 0 Å². The van der Waals surface area contributed by atoms with Crippen LogP contribution in [0.1, 0.15) is 30.4 Å². The summed E-state index contributed by atoms with van der Waals surface area (Å²) in [6.07, 6.45) is 0. The summed E-state index contributed by atoms with van der Waals surface area (Å²) in [5.74, 6) is -1.87. The van der Waals surface area contributed by atoms with Gasteiger partial charge in [0.25, 0.3) is 5.91 Å². The van der Waals surface area contributed by atoms with E-state index in [9.17, 15) is 18.8 Å². The summed E-state index contributed by atoms with van der Waals surface area (Å²) in [5.41, 5.74) is 0.889. The summed E-state index contributed by atoms with van der Waals surface area (Å²) in [4.78, 5) is 36.7. The van der Waals surface area contributed by atoms with Crippen LogP contribution in [0.2, 0.25) is 0 Å². The maximum Gasteiger partial charge on any atom is 0.338 e. The van der Waals surface area contributed by atoms with Gasteiger partial charge in [-0.1, -0.05) is 12.1 Å². The average Bonchev–Trinajstić information content (AvgIpc) is 3.21. The summed E-state index contributed by atoms with van der Waals surface area (Å²) in [5, 5.41) is 4.49. The molecule has 1 heterocycles. The number of amides is 1. The third kappa shape index (κ3) is 4.86. The van der Waals surface area contributed by atoms with Gasteiger partial charge in [-0.15, -0.1) is 11.3 Å². The van der Waals surface area contributed by atoms with Crippen molar-refractivity contribution in [1.82, 2.24) is 0 Å². The third-order valence-corrected chi connectivity index (χ3v) is 4.47. The fourth-order valence-electron chi connectivity index (χ4n) is 2.26. The van der Waals surface area contributed by atoms with Gasteiger partial charge in [0.1, 0.15) is 5.82 Å². The molecule has 27 heavy (non-hydrogen) atoms. The first-order chi connectivity index (χ1) is 13.0. The zero-order chi connectivity index (χ0) is 19.2. The number of hydrogen-bond acceptors (Lipinski definition) is 5. The highest BCUT2D eigenvalue weighted by molar-refractivity contribution is 7.12. The summed E-state index contributed by atoms with van der Waals surface area (Å²) in [6, 6.07) is 14.7. The molecule has 2 aromatic carbocycles. The lowest BCUT2D eigenvalue weighted by atomic mass is 10.1. The predicted molar refractivity (Wildman–Crippen MR) is 99.7 cm³/mol. The quantitative estimate of drug-likeness (QED) is 0.512. The van der Waals surface area contributed by atoms with E-state index in [2.05, 4.69) is 5.32 Å². The minimum atomic E-state index is -0.697. The number of benzene rings is 2. The molecule has 0 aliphatic heterocycles. The standard InChI is InChI=1S/C20H14FNO4S/c21-15-8-6-13(7-9-15)17(23)12-26-20(25)14-3-1-4-16(11-14)22-19(24)18-5-2-10-27-18/h1-11H,12H2,(H,22,24). The number of Topliss-reactive ketones (excluding diaryl/α,β-unsaturated/α-hetero) is 1. The number of carbonyl (C=O) groups is 3. The largest absolute Gasteiger partial charge is 0.454 e. The Morgan fingerprint density at radius 1 is 0.963 bits per heavy atom. The summed E-state index contributed by atoms with van der Waals surface area (Å²) >= 11 is 1.31. The van der Waals surface area contributed by atoms with E-state index in [-0.39, 0.29) is 17.0 Å². The molecule has 0 aliphatic carbocycles. The fraction of sp³-hybridized carbons (Fsp3) is 0.0500. The number of esters is 1. The zero-order valence-electron chi connectivity index (χ0n) is 14.0. The summed E-state index contributed by atoms with van der Waals surface area (Å²) < 4.78 is 17.9. The van der Waals surface area contributed by atoms with Gasteiger partial charge in [0.05, 0.1) is 10.4 Å². The van der Waals surface area contributed by atoms with E-state index in [0.29, 0.717) is 10.6 Å². The van der Waals surface area contributed by atoms with Crippen molar-refractivity contribution in [3.8, 4) is 0 Å². The molecule has 3 aromatic rings. The fourth-order valence-corrected chi connectivity index (χ4v) is 2.88. The molecule has 0 saturated heterocycles. The molecular formula is C20H14FNO4S. The number of ketones is 1. The van der Waals surface area contributed by atoms with Gasteiger partial charge < -0.3 is 10.1 Å². The number of carbonyl (C=O) groups excluding carboxylic acids is 3. The number of hydrogen-bond donors (Lipinski definition) is 1. The highest BCUT2D eigenvalue weighted by Gasteiger charge is 2.13. The van der Waals surface area contributed by atoms with Gasteiger partial charge in [-0.25, -0.2) is 9.18 Å². The van der Waals surface area contributed by atoms with Gasteiger partial charge in [0.15, 0.2) is 12.4 Å². The number of halogens is 1. The van der Waals surface area contributed by atoms with E-state index in [1.165, 1.54) is 35.6 Å². The van der Waals surface area contributed by atoms with E-state index in [1.54, 1.807) is 29.6 Å². The maximum absolute atomic E-state index is 12.9. The van der Waals surface area contributed by atoms with Gasteiger partial charge in [0.2, 0.25) is 0 Å². The van der Waals surface area contributed by atoms with Gasteiger partial charge in [-0.2, -0.15) is 0 Å². The number of rotatable bonds is 6. The molecule has 0 fully saturated rings. The summed E-state index contributed by atoms with van der Waals surface area (Å²) in [7, 11) is 0. The van der Waals surface area contributed by atoms with Crippen LogP contribution < -0.4 is 5.32 Å². The van der Waals surface area contributed by atoms with E-state index in [4.69, 9.17) is 4.74 Å². The lowest BCUT2D eigenvalue weighted by Crippen LogP contribution is -2.15. The lowest BCUT2D eigenvalue weighted by Gasteiger charge is -2.07. The Labute approximate surface area is 158 Å². The van der Waals surface area contributed by atoms with Crippen molar-refractivity contribution in [1.29, 1.82) is 0 Å². The van der Waals surface area contributed by atoms with E-state index in [0.717, 1.165) is 12.1 Å². The molecule has 0 aliphatic rings. The Kier molecular flexibility index (Phi) is 5.73. The lowest BCUT2D eigenvalue weighted by molar-refractivity contribution is 0.0474. The highest BCUT2D eigenvalue weighted by atomic mass is 32.1. The molecule has 0 radical (unpaired) electrons. The number of ether oxygens (including phenoxy) is 1. The van der Waals surface area contributed by atoms with Crippen LogP contribution >= 0.6 is 11.3 Å². The minimum Gasteiger partial charge on any atom is -0.454 e.